The summed E-state index contributed by atoms with van der Waals surface area (Å²) < 4.78 is 6.09. The summed E-state index contributed by atoms with van der Waals surface area (Å²) in [5, 5.41) is 3.34. The second kappa shape index (κ2) is 2.71. The van der Waals surface area contributed by atoms with E-state index in [9.17, 15) is 0 Å². The van der Waals surface area contributed by atoms with Crippen molar-refractivity contribution in [2.75, 3.05) is 13.1 Å². The lowest BCUT2D eigenvalue weighted by Crippen LogP contribution is -2.20. The third-order valence-corrected chi connectivity index (χ3v) is 4.23. The molecular formula is C11H21NO. The molecule has 2 rings (SSSR count). The second-order valence-corrected chi connectivity index (χ2v) is 5.57. The van der Waals surface area contributed by atoms with Crippen LogP contribution >= 0.6 is 0 Å². The zero-order valence-corrected chi connectivity index (χ0v) is 9.18. The molecule has 0 aromatic rings. The maximum Gasteiger partial charge on any atom is 0.0715 e. The van der Waals surface area contributed by atoms with E-state index in [2.05, 4.69) is 33.0 Å². The number of hydrogen-bond acceptors (Lipinski definition) is 2. The SMILES string of the molecule is CC1(C)C(OC2CCNC2)C1(C)C. The molecule has 0 aromatic carbocycles. The molecule has 0 spiro atoms. The van der Waals surface area contributed by atoms with Gasteiger partial charge >= 0.3 is 0 Å². The molecule has 76 valence electrons. The average Bonchev–Trinajstić information content (AvgIpc) is 2.44. The van der Waals surface area contributed by atoms with Crippen LogP contribution in [0.3, 0.4) is 0 Å². The smallest absolute Gasteiger partial charge is 0.0715 e. The molecule has 2 nitrogen and oxygen atoms in total. The molecule has 1 saturated heterocycles. The first-order valence-corrected chi connectivity index (χ1v) is 5.32. The van der Waals surface area contributed by atoms with Crippen molar-refractivity contribution in [3.8, 4) is 0 Å². The van der Waals surface area contributed by atoms with E-state index in [1.807, 2.05) is 0 Å². The van der Waals surface area contributed by atoms with E-state index in [0.29, 0.717) is 23.0 Å². The van der Waals surface area contributed by atoms with Gasteiger partial charge in [-0.3, -0.25) is 0 Å². The summed E-state index contributed by atoms with van der Waals surface area (Å²) in [6.45, 7) is 11.4. The topological polar surface area (TPSA) is 21.3 Å². The van der Waals surface area contributed by atoms with Crippen LogP contribution in [-0.4, -0.2) is 25.3 Å². The average molecular weight is 183 g/mol. The molecule has 1 aliphatic carbocycles. The molecular weight excluding hydrogens is 162 g/mol. The third kappa shape index (κ3) is 1.31. The minimum Gasteiger partial charge on any atom is -0.372 e. The Hall–Kier alpha value is -0.0800. The van der Waals surface area contributed by atoms with Crippen molar-refractivity contribution in [1.82, 2.24) is 5.32 Å². The molecule has 13 heavy (non-hydrogen) atoms. The van der Waals surface area contributed by atoms with Gasteiger partial charge in [0.25, 0.3) is 0 Å². The fraction of sp³-hybridized carbons (Fsp3) is 1.00. The Kier molecular flexibility index (Phi) is 1.97. The zero-order chi connectivity index (χ0) is 9.69. The van der Waals surface area contributed by atoms with Crippen LogP contribution in [0.5, 0.6) is 0 Å². The Balaban J connectivity index is 1.90. The molecule has 2 fully saturated rings. The van der Waals surface area contributed by atoms with Crippen LogP contribution in [0, 0.1) is 10.8 Å². The second-order valence-electron chi connectivity index (χ2n) is 5.57. The lowest BCUT2D eigenvalue weighted by molar-refractivity contribution is 0.0257. The van der Waals surface area contributed by atoms with Crippen LogP contribution in [0.1, 0.15) is 34.1 Å². The Bertz CT molecular complexity index is 190. The first-order valence-electron chi connectivity index (χ1n) is 5.32. The third-order valence-electron chi connectivity index (χ3n) is 4.23. The van der Waals surface area contributed by atoms with Gasteiger partial charge in [-0.15, -0.1) is 0 Å². The van der Waals surface area contributed by atoms with Crippen molar-refractivity contribution in [2.45, 2.75) is 46.3 Å². The first kappa shape index (κ1) is 9.47. The minimum absolute atomic E-state index is 0.371. The maximum atomic E-state index is 6.09. The van der Waals surface area contributed by atoms with Gasteiger partial charge in [0.05, 0.1) is 12.2 Å². The van der Waals surface area contributed by atoms with Gasteiger partial charge in [0.2, 0.25) is 0 Å². The summed E-state index contributed by atoms with van der Waals surface area (Å²) in [6, 6.07) is 0. The van der Waals surface area contributed by atoms with Crippen molar-refractivity contribution in [3.63, 3.8) is 0 Å². The molecule has 1 saturated carbocycles. The van der Waals surface area contributed by atoms with Gasteiger partial charge in [0, 0.05) is 6.54 Å². The van der Waals surface area contributed by atoms with E-state index in [0.717, 1.165) is 13.1 Å². The molecule has 1 N–H and O–H groups in total. The predicted octanol–water partition coefficient (Wildman–Crippen LogP) is 1.80. The van der Waals surface area contributed by atoms with E-state index >= 15 is 0 Å². The molecule has 0 radical (unpaired) electrons. The summed E-state index contributed by atoms with van der Waals surface area (Å²) in [6.07, 6.45) is 2.11. The van der Waals surface area contributed by atoms with Crippen LogP contribution < -0.4 is 5.32 Å². The summed E-state index contributed by atoms with van der Waals surface area (Å²) >= 11 is 0. The zero-order valence-electron chi connectivity index (χ0n) is 9.18. The van der Waals surface area contributed by atoms with E-state index in [4.69, 9.17) is 4.74 Å². The number of hydrogen-bond donors (Lipinski definition) is 1. The normalized spacial score (nSPS) is 36.5. The highest BCUT2D eigenvalue weighted by Gasteiger charge is 2.66. The molecule has 2 heteroatoms. The van der Waals surface area contributed by atoms with Gasteiger partial charge in [-0.25, -0.2) is 0 Å². The molecule has 1 aliphatic heterocycles. The number of rotatable bonds is 2. The monoisotopic (exact) mass is 183 g/mol. The van der Waals surface area contributed by atoms with Gasteiger partial charge in [-0.2, -0.15) is 0 Å². The molecule has 1 unspecified atom stereocenters. The van der Waals surface area contributed by atoms with Crippen LogP contribution in [-0.2, 0) is 4.74 Å². The van der Waals surface area contributed by atoms with Crippen molar-refractivity contribution < 1.29 is 4.74 Å². The van der Waals surface area contributed by atoms with Gasteiger partial charge in [-0.1, -0.05) is 27.7 Å². The molecule has 0 amide bonds. The van der Waals surface area contributed by atoms with E-state index in [-0.39, 0.29) is 0 Å². The highest BCUT2D eigenvalue weighted by atomic mass is 16.5. The van der Waals surface area contributed by atoms with Crippen LogP contribution in [0.2, 0.25) is 0 Å². The van der Waals surface area contributed by atoms with Crippen molar-refractivity contribution >= 4 is 0 Å². The highest BCUT2D eigenvalue weighted by Crippen LogP contribution is 2.64. The van der Waals surface area contributed by atoms with Gasteiger partial charge in [0.15, 0.2) is 0 Å². The fourth-order valence-corrected chi connectivity index (χ4v) is 2.41. The van der Waals surface area contributed by atoms with E-state index < -0.39 is 0 Å². The number of ether oxygens (including phenoxy) is 1. The minimum atomic E-state index is 0.371. The highest BCUT2D eigenvalue weighted by molar-refractivity contribution is 5.14. The summed E-state index contributed by atoms with van der Waals surface area (Å²) in [5.41, 5.74) is 0.741. The van der Waals surface area contributed by atoms with E-state index in [1.165, 1.54) is 6.42 Å². The largest absolute Gasteiger partial charge is 0.372 e. The Morgan fingerprint density at radius 3 is 2.15 bits per heavy atom. The molecule has 0 bridgehead atoms. The van der Waals surface area contributed by atoms with Crippen molar-refractivity contribution in [3.05, 3.63) is 0 Å². The number of nitrogens with one attached hydrogen (secondary N) is 1. The van der Waals surface area contributed by atoms with Crippen LogP contribution in [0.25, 0.3) is 0 Å². The summed E-state index contributed by atoms with van der Waals surface area (Å²) in [5.74, 6) is 0. The Morgan fingerprint density at radius 2 is 1.77 bits per heavy atom. The predicted molar refractivity (Wildman–Crippen MR) is 53.7 cm³/mol. The van der Waals surface area contributed by atoms with Crippen molar-refractivity contribution in [1.29, 1.82) is 0 Å². The standard InChI is InChI=1S/C11H21NO/c1-10(2)9(11(10,3)4)13-8-5-6-12-7-8/h8-9,12H,5-7H2,1-4H3. The Labute approximate surface area is 81.0 Å². The molecule has 1 heterocycles. The van der Waals surface area contributed by atoms with Crippen LogP contribution in [0.4, 0.5) is 0 Å². The molecule has 0 aromatic heterocycles. The Morgan fingerprint density at radius 1 is 1.15 bits per heavy atom. The maximum absolute atomic E-state index is 6.09. The van der Waals surface area contributed by atoms with Gasteiger partial charge < -0.3 is 10.1 Å². The van der Waals surface area contributed by atoms with Gasteiger partial charge in [0.1, 0.15) is 0 Å². The van der Waals surface area contributed by atoms with Gasteiger partial charge in [-0.05, 0) is 23.8 Å². The molecule has 1 atom stereocenters. The van der Waals surface area contributed by atoms with Crippen LogP contribution in [0.15, 0.2) is 0 Å². The summed E-state index contributed by atoms with van der Waals surface area (Å²) in [4.78, 5) is 0. The molecule has 2 aliphatic rings. The van der Waals surface area contributed by atoms with E-state index in [1.54, 1.807) is 0 Å². The van der Waals surface area contributed by atoms with Crippen molar-refractivity contribution in [2.24, 2.45) is 10.8 Å². The summed E-state index contributed by atoms with van der Waals surface area (Å²) in [7, 11) is 0. The first-order chi connectivity index (χ1) is 5.96. The lowest BCUT2D eigenvalue weighted by Gasteiger charge is -2.11. The fourth-order valence-electron chi connectivity index (χ4n) is 2.41. The quantitative estimate of drug-likeness (QED) is 0.705. The lowest BCUT2D eigenvalue weighted by atomic mass is 10.0.